The third kappa shape index (κ3) is 1.96. The molecule has 0 unspecified atom stereocenters. The minimum Gasteiger partial charge on any atom is -0.360 e. The van der Waals surface area contributed by atoms with Crippen LogP contribution in [-0.2, 0) is 4.79 Å². The molecule has 1 N–H and O–H groups in total. The number of hydrogen-bond donors (Lipinski definition) is 1. The lowest BCUT2D eigenvalue weighted by Crippen LogP contribution is -2.17. The Morgan fingerprint density at radius 2 is 2.13 bits per heavy atom. The van der Waals surface area contributed by atoms with Gasteiger partial charge in [0.15, 0.2) is 0 Å². The van der Waals surface area contributed by atoms with E-state index in [1.807, 2.05) is 30.3 Å². The summed E-state index contributed by atoms with van der Waals surface area (Å²) in [7, 11) is 0. The van der Waals surface area contributed by atoms with Crippen LogP contribution < -0.4 is 5.32 Å². The highest BCUT2D eigenvalue weighted by atomic mass is 16.1. The number of nitrogens with one attached hydrogen (secondary N) is 1. The molecule has 2 aromatic rings. The van der Waals surface area contributed by atoms with E-state index < -0.39 is 0 Å². The van der Waals surface area contributed by atoms with E-state index in [-0.39, 0.29) is 6.04 Å². The number of nitrogens with zero attached hydrogens (tertiary/aromatic N) is 1. The SMILES string of the molecule is C[C@@H](C=O)Nc1nccc2ccccc12. The van der Waals surface area contributed by atoms with E-state index >= 15 is 0 Å². The third-order valence-electron chi connectivity index (χ3n) is 2.24. The number of benzene rings is 1. The van der Waals surface area contributed by atoms with Gasteiger partial charge in [-0.3, -0.25) is 0 Å². The number of aldehydes is 1. The van der Waals surface area contributed by atoms with Crippen molar-refractivity contribution in [3.05, 3.63) is 36.5 Å². The van der Waals surface area contributed by atoms with Crippen LogP contribution in [-0.4, -0.2) is 17.3 Å². The Morgan fingerprint density at radius 3 is 2.93 bits per heavy atom. The van der Waals surface area contributed by atoms with Crippen molar-refractivity contribution in [2.24, 2.45) is 0 Å². The van der Waals surface area contributed by atoms with Crippen LogP contribution in [0.2, 0.25) is 0 Å². The number of pyridine rings is 1. The average Bonchev–Trinajstić information content (AvgIpc) is 2.29. The monoisotopic (exact) mass is 200 g/mol. The van der Waals surface area contributed by atoms with E-state index in [4.69, 9.17) is 0 Å². The van der Waals surface area contributed by atoms with Crippen molar-refractivity contribution >= 4 is 22.9 Å². The molecular formula is C12H12N2O. The summed E-state index contributed by atoms with van der Waals surface area (Å²) in [5.74, 6) is 0.757. The number of carbonyl (C=O) groups excluding carboxylic acids is 1. The van der Waals surface area contributed by atoms with Crippen molar-refractivity contribution in [3.63, 3.8) is 0 Å². The van der Waals surface area contributed by atoms with Gasteiger partial charge in [-0.15, -0.1) is 0 Å². The van der Waals surface area contributed by atoms with Crippen LogP contribution in [0, 0.1) is 0 Å². The van der Waals surface area contributed by atoms with Crippen molar-refractivity contribution in [1.29, 1.82) is 0 Å². The van der Waals surface area contributed by atoms with Gasteiger partial charge in [0.25, 0.3) is 0 Å². The second kappa shape index (κ2) is 4.09. The molecule has 0 fully saturated rings. The first-order valence-electron chi connectivity index (χ1n) is 4.87. The maximum absolute atomic E-state index is 10.6. The Morgan fingerprint density at radius 1 is 1.33 bits per heavy atom. The van der Waals surface area contributed by atoms with Gasteiger partial charge in [0.05, 0.1) is 6.04 Å². The molecule has 1 aromatic carbocycles. The van der Waals surface area contributed by atoms with E-state index in [9.17, 15) is 4.79 Å². The Balaban J connectivity index is 2.46. The van der Waals surface area contributed by atoms with E-state index in [2.05, 4.69) is 10.3 Å². The molecule has 3 nitrogen and oxygen atoms in total. The molecule has 0 radical (unpaired) electrons. The summed E-state index contributed by atoms with van der Waals surface area (Å²) in [5.41, 5.74) is 0. The second-order valence-electron chi connectivity index (χ2n) is 3.45. The Hall–Kier alpha value is -1.90. The van der Waals surface area contributed by atoms with Crippen LogP contribution in [0.4, 0.5) is 5.82 Å². The molecular weight excluding hydrogens is 188 g/mol. The minimum absolute atomic E-state index is 0.219. The summed E-state index contributed by atoms with van der Waals surface area (Å²) in [5, 5.41) is 5.21. The van der Waals surface area contributed by atoms with Crippen LogP contribution in [0.1, 0.15) is 6.92 Å². The minimum atomic E-state index is -0.219. The molecule has 0 aliphatic carbocycles. The number of carbonyl (C=O) groups is 1. The van der Waals surface area contributed by atoms with Crippen LogP contribution in [0.25, 0.3) is 10.8 Å². The highest BCUT2D eigenvalue weighted by Gasteiger charge is 2.04. The van der Waals surface area contributed by atoms with Crippen molar-refractivity contribution in [3.8, 4) is 0 Å². The fourth-order valence-corrected chi connectivity index (χ4v) is 1.48. The van der Waals surface area contributed by atoms with E-state index in [1.54, 1.807) is 13.1 Å². The first-order chi connectivity index (χ1) is 7.31. The Labute approximate surface area is 88.1 Å². The summed E-state index contributed by atoms with van der Waals surface area (Å²) in [4.78, 5) is 14.8. The van der Waals surface area contributed by atoms with Crippen molar-refractivity contribution in [1.82, 2.24) is 4.98 Å². The second-order valence-corrected chi connectivity index (χ2v) is 3.45. The van der Waals surface area contributed by atoms with Gasteiger partial charge in [0.2, 0.25) is 0 Å². The molecule has 3 heteroatoms. The smallest absolute Gasteiger partial charge is 0.141 e. The molecule has 1 heterocycles. The van der Waals surface area contributed by atoms with Crippen LogP contribution in [0.3, 0.4) is 0 Å². The van der Waals surface area contributed by atoms with Gasteiger partial charge in [-0.05, 0) is 18.4 Å². The zero-order valence-electron chi connectivity index (χ0n) is 8.47. The molecule has 1 aromatic heterocycles. The number of fused-ring (bicyclic) bond motifs is 1. The molecule has 1 atom stereocenters. The zero-order chi connectivity index (χ0) is 10.7. The largest absolute Gasteiger partial charge is 0.360 e. The molecule has 0 saturated heterocycles. The lowest BCUT2D eigenvalue weighted by atomic mass is 10.1. The van der Waals surface area contributed by atoms with Crippen LogP contribution >= 0.6 is 0 Å². The van der Waals surface area contributed by atoms with Gasteiger partial charge < -0.3 is 10.1 Å². The lowest BCUT2D eigenvalue weighted by molar-refractivity contribution is -0.108. The summed E-state index contributed by atoms with van der Waals surface area (Å²) in [6.07, 6.45) is 2.60. The number of hydrogen-bond acceptors (Lipinski definition) is 3. The van der Waals surface area contributed by atoms with Gasteiger partial charge in [-0.1, -0.05) is 24.3 Å². The first-order valence-corrected chi connectivity index (χ1v) is 4.87. The normalized spacial score (nSPS) is 12.3. The quantitative estimate of drug-likeness (QED) is 0.772. The molecule has 15 heavy (non-hydrogen) atoms. The molecule has 0 aliphatic heterocycles. The summed E-state index contributed by atoms with van der Waals surface area (Å²) >= 11 is 0. The van der Waals surface area contributed by atoms with Crippen molar-refractivity contribution < 1.29 is 4.79 Å². The van der Waals surface area contributed by atoms with Crippen molar-refractivity contribution in [2.75, 3.05) is 5.32 Å². The topological polar surface area (TPSA) is 42.0 Å². The zero-order valence-corrected chi connectivity index (χ0v) is 8.47. The van der Waals surface area contributed by atoms with Gasteiger partial charge in [-0.2, -0.15) is 0 Å². The third-order valence-corrected chi connectivity index (χ3v) is 2.24. The standard InChI is InChI=1S/C12H12N2O/c1-9(8-15)14-12-11-5-3-2-4-10(11)6-7-13-12/h2-9H,1H3,(H,13,14)/t9-/m0/s1. The molecule has 76 valence electrons. The fourth-order valence-electron chi connectivity index (χ4n) is 1.48. The molecule has 0 spiro atoms. The lowest BCUT2D eigenvalue weighted by Gasteiger charge is -2.10. The molecule has 2 rings (SSSR count). The average molecular weight is 200 g/mol. The van der Waals surface area contributed by atoms with Crippen molar-refractivity contribution in [2.45, 2.75) is 13.0 Å². The summed E-state index contributed by atoms with van der Waals surface area (Å²) in [6, 6.07) is 9.68. The van der Waals surface area contributed by atoms with Crippen LogP contribution in [0.5, 0.6) is 0 Å². The maximum atomic E-state index is 10.6. The number of rotatable bonds is 3. The van der Waals surface area contributed by atoms with Gasteiger partial charge in [0.1, 0.15) is 12.1 Å². The fraction of sp³-hybridized carbons (Fsp3) is 0.167. The highest BCUT2D eigenvalue weighted by molar-refractivity contribution is 5.92. The Kier molecular flexibility index (Phi) is 2.63. The van der Waals surface area contributed by atoms with Gasteiger partial charge >= 0.3 is 0 Å². The molecule has 0 bridgehead atoms. The predicted molar refractivity (Wildman–Crippen MR) is 60.9 cm³/mol. The Bertz CT molecular complexity index is 477. The van der Waals surface area contributed by atoms with Gasteiger partial charge in [-0.25, -0.2) is 4.98 Å². The van der Waals surface area contributed by atoms with Crippen LogP contribution in [0.15, 0.2) is 36.5 Å². The maximum Gasteiger partial charge on any atom is 0.141 e. The highest BCUT2D eigenvalue weighted by Crippen LogP contribution is 2.20. The molecule has 0 saturated carbocycles. The first kappa shape index (κ1) is 9.65. The van der Waals surface area contributed by atoms with Gasteiger partial charge in [0, 0.05) is 11.6 Å². The molecule has 0 amide bonds. The van der Waals surface area contributed by atoms with E-state index in [0.29, 0.717) is 0 Å². The number of anilines is 1. The predicted octanol–water partition coefficient (Wildman–Crippen LogP) is 2.23. The summed E-state index contributed by atoms with van der Waals surface area (Å²) in [6.45, 7) is 1.80. The number of aromatic nitrogens is 1. The summed E-state index contributed by atoms with van der Waals surface area (Å²) < 4.78 is 0. The van der Waals surface area contributed by atoms with E-state index in [1.165, 1.54) is 0 Å². The molecule has 0 aliphatic rings. The van der Waals surface area contributed by atoms with E-state index in [0.717, 1.165) is 22.9 Å².